The summed E-state index contributed by atoms with van der Waals surface area (Å²) >= 11 is 7.48. The molecule has 150 valence electrons. The van der Waals surface area contributed by atoms with Crippen molar-refractivity contribution >= 4 is 34.4 Å². The highest BCUT2D eigenvalue weighted by Gasteiger charge is 2.44. The number of rotatable bonds is 6. The molecule has 4 rings (SSSR count). The van der Waals surface area contributed by atoms with Crippen LogP contribution in [0.15, 0.2) is 41.8 Å². The standard InChI is InChI=1S/C19H25ClN6OS/c1-2-3-8-21-17(27)12-28-19-23-22-18-16-11-15(13-4-6-14(20)7-5-13)24-26(16)10-9-25(18)19/h4-7,9-10,15-16,18,22,24H,2-3,8,11-12H2,1H3,(H,21,27). The molecule has 3 aliphatic rings. The second-order valence-electron chi connectivity index (χ2n) is 7.11. The maximum absolute atomic E-state index is 12.0. The molecule has 0 spiro atoms. The normalized spacial score (nSPS) is 25.2. The lowest BCUT2D eigenvalue weighted by Crippen LogP contribution is -2.54. The number of halogens is 1. The van der Waals surface area contributed by atoms with Gasteiger partial charge in [-0.3, -0.25) is 10.2 Å². The number of hydrazine groups is 1. The van der Waals surface area contributed by atoms with Gasteiger partial charge in [0, 0.05) is 24.0 Å². The fourth-order valence-corrected chi connectivity index (χ4v) is 4.58. The Morgan fingerprint density at radius 3 is 2.96 bits per heavy atom. The molecule has 3 heterocycles. The van der Waals surface area contributed by atoms with Crippen LogP contribution in [0.5, 0.6) is 0 Å². The lowest BCUT2D eigenvalue weighted by molar-refractivity contribution is -0.118. The average molecular weight is 421 g/mol. The largest absolute Gasteiger partial charge is 0.355 e. The number of nitrogens with one attached hydrogen (secondary N) is 3. The number of benzene rings is 1. The Balaban J connectivity index is 1.33. The van der Waals surface area contributed by atoms with Crippen molar-refractivity contribution in [1.82, 2.24) is 26.1 Å². The van der Waals surface area contributed by atoms with E-state index in [9.17, 15) is 4.79 Å². The van der Waals surface area contributed by atoms with Gasteiger partial charge in [-0.1, -0.05) is 48.8 Å². The summed E-state index contributed by atoms with van der Waals surface area (Å²) in [5.74, 6) is 0.430. The highest BCUT2D eigenvalue weighted by molar-refractivity contribution is 8.14. The van der Waals surface area contributed by atoms with Crippen molar-refractivity contribution in [3.8, 4) is 0 Å². The van der Waals surface area contributed by atoms with Crippen molar-refractivity contribution in [3.63, 3.8) is 0 Å². The van der Waals surface area contributed by atoms with Crippen LogP contribution in [0, 0.1) is 0 Å². The summed E-state index contributed by atoms with van der Waals surface area (Å²) in [6, 6.07) is 8.46. The predicted molar refractivity (Wildman–Crippen MR) is 113 cm³/mol. The zero-order chi connectivity index (χ0) is 19.5. The Bertz CT molecular complexity index is 770. The molecule has 7 nitrogen and oxygen atoms in total. The van der Waals surface area contributed by atoms with Gasteiger partial charge in [0.2, 0.25) is 5.91 Å². The minimum absolute atomic E-state index is 0.0533. The van der Waals surface area contributed by atoms with Crippen LogP contribution < -0.4 is 16.2 Å². The summed E-state index contributed by atoms with van der Waals surface area (Å²) in [5.41, 5.74) is 8.01. The molecule has 3 aliphatic heterocycles. The maximum atomic E-state index is 12.0. The zero-order valence-electron chi connectivity index (χ0n) is 15.8. The summed E-state index contributed by atoms with van der Waals surface area (Å²) in [6.45, 7) is 2.85. The van der Waals surface area contributed by atoms with Crippen LogP contribution in [0.1, 0.15) is 37.8 Å². The number of amides is 1. The Kier molecular flexibility index (Phi) is 5.99. The van der Waals surface area contributed by atoms with Gasteiger partial charge in [-0.05, 0) is 30.5 Å². The van der Waals surface area contributed by atoms with Crippen molar-refractivity contribution in [2.75, 3.05) is 12.3 Å². The zero-order valence-corrected chi connectivity index (χ0v) is 17.3. The van der Waals surface area contributed by atoms with E-state index in [0.717, 1.165) is 36.0 Å². The molecule has 28 heavy (non-hydrogen) atoms. The van der Waals surface area contributed by atoms with E-state index < -0.39 is 0 Å². The molecule has 1 saturated heterocycles. The maximum Gasteiger partial charge on any atom is 0.230 e. The first-order valence-electron chi connectivity index (χ1n) is 9.65. The number of hydrogen-bond acceptors (Lipinski definition) is 7. The Hall–Kier alpha value is -1.90. The number of hydrazone groups is 1. The van der Waals surface area contributed by atoms with Crippen LogP contribution in [0.4, 0.5) is 0 Å². The number of amidine groups is 1. The topological polar surface area (TPSA) is 72.0 Å². The van der Waals surface area contributed by atoms with Gasteiger partial charge in [0.1, 0.15) is 6.17 Å². The first-order valence-corrected chi connectivity index (χ1v) is 11.0. The third-order valence-electron chi connectivity index (χ3n) is 5.16. The monoisotopic (exact) mass is 420 g/mol. The molecule has 0 aromatic heterocycles. The van der Waals surface area contributed by atoms with E-state index in [0.29, 0.717) is 5.75 Å². The van der Waals surface area contributed by atoms with Gasteiger partial charge in [0.15, 0.2) is 5.17 Å². The molecule has 1 amide bonds. The van der Waals surface area contributed by atoms with Crippen LogP contribution in [0.2, 0.25) is 5.02 Å². The van der Waals surface area contributed by atoms with Crippen LogP contribution >= 0.6 is 23.4 Å². The second-order valence-corrected chi connectivity index (χ2v) is 8.49. The molecule has 0 saturated carbocycles. The Labute approximate surface area is 174 Å². The summed E-state index contributed by atoms with van der Waals surface area (Å²) in [7, 11) is 0. The second kappa shape index (κ2) is 8.63. The third kappa shape index (κ3) is 4.09. The predicted octanol–water partition coefficient (Wildman–Crippen LogP) is 2.60. The molecule has 0 bridgehead atoms. The first-order chi connectivity index (χ1) is 13.7. The van der Waals surface area contributed by atoms with E-state index in [2.05, 4.69) is 50.2 Å². The fraction of sp³-hybridized carbons (Fsp3) is 0.474. The molecule has 3 atom stereocenters. The number of carbonyl (C=O) groups is 1. The van der Waals surface area contributed by atoms with Crippen molar-refractivity contribution < 1.29 is 4.79 Å². The summed E-state index contributed by atoms with van der Waals surface area (Å²) < 4.78 is 0. The van der Waals surface area contributed by atoms with Gasteiger partial charge >= 0.3 is 0 Å². The fourth-order valence-electron chi connectivity index (χ4n) is 3.65. The molecule has 1 fully saturated rings. The van der Waals surface area contributed by atoms with Gasteiger partial charge in [-0.15, -0.1) is 0 Å². The molecule has 1 aromatic rings. The third-order valence-corrected chi connectivity index (χ3v) is 6.38. The Morgan fingerprint density at radius 2 is 2.18 bits per heavy atom. The van der Waals surface area contributed by atoms with Crippen molar-refractivity contribution in [2.24, 2.45) is 5.10 Å². The number of thioether (sulfide) groups is 1. The first kappa shape index (κ1) is 19.4. The van der Waals surface area contributed by atoms with E-state index >= 15 is 0 Å². The van der Waals surface area contributed by atoms with Crippen LogP contribution in [0.3, 0.4) is 0 Å². The summed E-state index contributed by atoms with van der Waals surface area (Å²) in [5, 5.41) is 11.1. The number of nitrogens with zero attached hydrogens (tertiary/aromatic N) is 3. The molecule has 0 aliphatic carbocycles. The Morgan fingerprint density at radius 1 is 1.36 bits per heavy atom. The number of fused-ring (bicyclic) bond motifs is 3. The van der Waals surface area contributed by atoms with Crippen molar-refractivity contribution in [1.29, 1.82) is 0 Å². The average Bonchev–Trinajstić information content (AvgIpc) is 3.31. The SMILES string of the molecule is CCCCNC(=O)CSC1=NNC2C3CC(c4ccc(Cl)cc4)NN3C=CN12. The summed E-state index contributed by atoms with van der Waals surface area (Å²) in [6.07, 6.45) is 7.15. The molecule has 3 N–H and O–H groups in total. The highest BCUT2D eigenvalue weighted by Crippen LogP contribution is 2.35. The van der Waals surface area contributed by atoms with Gasteiger partial charge in [0.25, 0.3) is 0 Å². The smallest absolute Gasteiger partial charge is 0.230 e. The van der Waals surface area contributed by atoms with Crippen LogP contribution in [-0.4, -0.2) is 45.5 Å². The molecular weight excluding hydrogens is 396 g/mol. The molecule has 1 aromatic carbocycles. The van der Waals surface area contributed by atoms with Crippen LogP contribution in [-0.2, 0) is 4.79 Å². The number of unbranched alkanes of at least 4 members (excludes halogenated alkanes) is 1. The lowest BCUT2D eigenvalue weighted by Gasteiger charge is -2.36. The summed E-state index contributed by atoms with van der Waals surface area (Å²) in [4.78, 5) is 14.1. The minimum Gasteiger partial charge on any atom is -0.355 e. The lowest BCUT2D eigenvalue weighted by atomic mass is 10.00. The van der Waals surface area contributed by atoms with E-state index in [-0.39, 0.29) is 24.2 Å². The quantitative estimate of drug-likeness (QED) is 0.614. The van der Waals surface area contributed by atoms with Gasteiger partial charge in [-0.2, -0.15) is 5.10 Å². The number of carbonyl (C=O) groups excluding carboxylic acids is 1. The van der Waals surface area contributed by atoms with E-state index in [1.54, 1.807) is 0 Å². The number of hydrogen-bond donors (Lipinski definition) is 3. The minimum atomic E-state index is 0.0533. The molecular formula is C19H25ClN6OS. The van der Waals surface area contributed by atoms with Gasteiger partial charge < -0.3 is 15.2 Å². The molecule has 0 radical (unpaired) electrons. The van der Waals surface area contributed by atoms with E-state index in [4.69, 9.17) is 11.6 Å². The molecule has 9 heteroatoms. The van der Waals surface area contributed by atoms with Gasteiger partial charge in [0.05, 0.1) is 17.8 Å². The van der Waals surface area contributed by atoms with Crippen molar-refractivity contribution in [2.45, 2.75) is 44.4 Å². The van der Waals surface area contributed by atoms with E-state index in [1.165, 1.54) is 17.3 Å². The highest BCUT2D eigenvalue weighted by atomic mass is 35.5. The molecule has 3 unspecified atom stereocenters. The van der Waals surface area contributed by atoms with Gasteiger partial charge in [-0.25, -0.2) is 5.43 Å². The van der Waals surface area contributed by atoms with E-state index in [1.807, 2.05) is 24.5 Å². The van der Waals surface area contributed by atoms with Crippen molar-refractivity contribution in [3.05, 3.63) is 47.3 Å². The van der Waals surface area contributed by atoms with Crippen LogP contribution in [0.25, 0.3) is 0 Å².